The van der Waals surface area contributed by atoms with Gasteiger partial charge >= 0.3 is 0 Å². The Morgan fingerprint density at radius 3 is 1.66 bits per heavy atom. The van der Waals surface area contributed by atoms with Crippen LogP contribution < -0.4 is 4.90 Å². The molecule has 0 spiro atoms. The van der Waals surface area contributed by atoms with Crippen LogP contribution in [0.15, 0.2) is 212 Å². The Balaban J connectivity index is 1.19. The van der Waals surface area contributed by atoms with E-state index in [1.807, 2.05) is 0 Å². The van der Waals surface area contributed by atoms with Gasteiger partial charge in [-0.2, -0.15) is 0 Å². The van der Waals surface area contributed by atoms with E-state index >= 15 is 0 Å². The van der Waals surface area contributed by atoms with E-state index in [2.05, 4.69) is 231 Å². The average molecular weight is 716 g/mol. The number of rotatable bonds is 7. The summed E-state index contributed by atoms with van der Waals surface area (Å²) < 4.78 is 0. The quantitative estimate of drug-likeness (QED) is 0.159. The highest BCUT2D eigenvalue weighted by molar-refractivity contribution is 5.99. The van der Waals surface area contributed by atoms with Crippen molar-refractivity contribution in [1.29, 1.82) is 0 Å². The smallest absolute Gasteiger partial charge is 0.0540 e. The van der Waals surface area contributed by atoms with Crippen molar-refractivity contribution in [1.82, 2.24) is 0 Å². The number of para-hydroxylation sites is 1. The Morgan fingerprint density at radius 1 is 0.321 bits per heavy atom. The van der Waals surface area contributed by atoms with Crippen LogP contribution in [0.5, 0.6) is 0 Å². The van der Waals surface area contributed by atoms with Crippen molar-refractivity contribution in [3.8, 4) is 55.6 Å². The summed E-state index contributed by atoms with van der Waals surface area (Å²) in [7, 11) is 0. The van der Waals surface area contributed by atoms with Crippen LogP contribution in [0.1, 0.15) is 25.0 Å². The molecule has 0 fully saturated rings. The molecule has 0 saturated carbocycles. The second-order valence-corrected chi connectivity index (χ2v) is 15.3. The van der Waals surface area contributed by atoms with Gasteiger partial charge in [-0.05, 0) is 108 Å². The second kappa shape index (κ2) is 13.7. The minimum atomic E-state index is -0.0903. The van der Waals surface area contributed by atoms with Crippen LogP contribution in [0.4, 0.5) is 17.1 Å². The Morgan fingerprint density at radius 2 is 0.893 bits per heavy atom. The van der Waals surface area contributed by atoms with Crippen molar-refractivity contribution in [3.63, 3.8) is 0 Å². The van der Waals surface area contributed by atoms with Gasteiger partial charge in [0, 0.05) is 22.4 Å². The lowest BCUT2D eigenvalue weighted by Gasteiger charge is -2.29. The molecule has 0 atom stereocenters. The second-order valence-electron chi connectivity index (χ2n) is 15.3. The fourth-order valence-electron chi connectivity index (χ4n) is 8.87. The maximum Gasteiger partial charge on any atom is 0.0540 e. The predicted molar refractivity (Wildman–Crippen MR) is 238 cm³/mol. The van der Waals surface area contributed by atoms with Crippen molar-refractivity contribution in [2.45, 2.75) is 19.3 Å². The SMILES string of the molecule is CC1(C)c2ccccc2-c2c(-c3ccccc3N(c3ccc(-c4ccc5ccccc5c4)cc3)c3ccc(-c4ccccc4)c(-c4ccccc4)c3)cccc21. The standard InChI is InChI=1S/C55H41N/c1-55(2)51-25-13-11-23-49(51)54-48(24-15-26-52(54)55)47-22-12-14-27-53(47)56(44-32-30-39(31-33-44)43-29-28-38-16-9-10-21-42(38)36-43)45-34-35-46(40-17-5-3-6-18-40)50(37-45)41-19-7-4-8-20-41/h3-37H,1-2H3. The summed E-state index contributed by atoms with van der Waals surface area (Å²) >= 11 is 0. The van der Waals surface area contributed by atoms with Crippen molar-refractivity contribution < 1.29 is 0 Å². The van der Waals surface area contributed by atoms with Crippen LogP contribution in [0.2, 0.25) is 0 Å². The fourth-order valence-corrected chi connectivity index (χ4v) is 8.87. The first-order valence-corrected chi connectivity index (χ1v) is 19.5. The minimum Gasteiger partial charge on any atom is -0.310 e. The monoisotopic (exact) mass is 715 g/mol. The van der Waals surface area contributed by atoms with E-state index in [1.165, 1.54) is 77.5 Å². The molecule has 0 unspecified atom stereocenters. The predicted octanol–water partition coefficient (Wildman–Crippen LogP) is 15.3. The first-order valence-electron chi connectivity index (χ1n) is 19.5. The van der Waals surface area contributed by atoms with Crippen LogP contribution in [-0.2, 0) is 5.41 Å². The molecule has 10 rings (SSSR count). The summed E-state index contributed by atoms with van der Waals surface area (Å²) in [6, 6.07) is 77.6. The van der Waals surface area contributed by atoms with Gasteiger partial charge < -0.3 is 4.90 Å². The third-order valence-corrected chi connectivity index (χ3v) is 11.7. The number of benzene rings is 9. The Bertz CT molecular complexity index is 2870. The molecule has 1 aliphatic rings. The molecule has 0 aromatic heterocycles. The van der Waals surface area contributed by atoms with E-state index in [9.17, 15) is 0 Å². The molecule has 0 N–H and O–H groups in total. The molecule has 1 aliphatic carbocycles. The molecule has 266 valence electrons. The zero-order chi connectivity index (χ0) is 37.6. The first kappa shape index (κ1) is 33.6. The van der Waals surface area contributed by atoms with Crippen LogP contribution in [0.3, 0.4) is 0 Å². The maximum absolute atomic E-state index is 2.45. The largest absolute Gasteiger partial charge is 0.310 e. The number of fused-ring (bicyclic) bond motifs is 4. The van der Waals surface area contributed by atoms with Crippen LogP contribution in [0, 0.1) is 0 Å². The van der Waals surface area contributed by atoms with Crippen LogP contribution >= 0.6 is 0 Å². The highest BCUT2D eigenvalue weighted by Crippen LogP contribution is 2.54. The number of anilines is 3. The van der Waals surface area contributed by atoms with Gasteiger partial charge in [0.15, 0.2) is 0 Å². The van der Waals surface area contributed by atoms with Crippen LogP contribution in [-0.4, -0.2) is 0 Å². The molecule has 1 nitrogen and oxygen atoms in total. The summed E-state index contributed by atoms with van der Waals surface area (Å²) in [5.74, 6) is 0. The lowest BCUT2D eigenvalue weighted by molar-refractivity contribution is 0.660. The molecule has 0 saturated heterocycles. The summed E-state index contributed by atoms with van der Waals surface area (Å²) in [5, 5.41) is 2.50. The Labute approximate surface area is 329 Å². The van der Waals surface area contributed by atoms with Crippen molar-refractivity contribution in [3.05, 3.63) is 223 Å². The minimum absolute atomic E-state index is 0.0903. The molecule has 0 bridgehead atoms. The zero-order valence-corrected chi connectivity index (χ0v) is 31.7. The lowest BCUT2D eigenvalue weighted by atomic mass is 9.82. The van der Waals surface area contributed by atoms with Crippen molar-refractivity contribution in [2.75, 3.05) is 4.90 Å². The van der Waals surface area contributed by atoms with E-state index < -0.39 is 0 Å². The average Bonchev–Trinajstić information content (AvgIpc) is 3.50. The maximum atomic E-state index is 2.45. The Hall–Kier alpha value is -6.96. The molecule has 0 aliphatic heterocycles. The van der Waals surface area contributed by atoms with E-state index in [0.29, 0.717) is 0 Å². The van der Waals surface area contributed by atoms with Gasteiger partial charge in [-0.1, -0.05) is 190 Å². The topological polar surface area (TPSA) is 3.24 Å². The number of hydrogen-bond acceptors (Lipinski definition) is 1. The summed E-state index contributed by atoms with van der Waals surface area (Å²) in [5.41, 5.74) is 18.3. The van der Waals surface area contributed by atoms with Gasteiger partial charge in [0.2, 0.25) is 0 Å². The third kappa shape index (κ3) is 5.72. The number of hydrogen-bond donors (Lipinski definition) is 0. The van der Waals surface area contributed by atoms with E-state index in [1.54, 1.807) is 0 Å². The fraction of sp³-hybridized carbons (Fsp3) is 0.0545. The van der Waals surface area contributed by atoms with Crippen molar-refractivity contribution >= 4 is 27.8 Å². The summed E-state index contributed by atoms with van der Waals surface area (Å²) in [6.07, 6.45) is 0. The van der Waals surface area contributed by atoms with Gasteiger partial charge in [-0.25, -0.2) is 0 Å². The summed E-state index contributed by atoms with van der Waals surface area (Å²) in [6.45, 7) is 4.71. The molecular weight excluding hydrogens is 675 g/mol. The van der Waals surface area contributed by atoms with E-state index in [-0.39, 0.29) is 5.41 Å². The highest BCUT2D eigenvalue weighted by atomic mass is 15.1. The van der Waals surface area contributed by atoms with Gasteiger partial charge in [0.25, 0.3) is 0 Å². The van der Waals surface area contributed by atoms with Gasteiger partial charge in [-0.3, -0.25) is 0 Å². The Kier molecular flexibility index (Phi) is 8.23. The molecule has 9 aromatic rings. The van der Waals surface area contributed by atoms with E-state index in [0.717, 1.165) is 17.1 Å². The third-order valence-electron chi connectivity index (χ3n) is 11.7. The van der Waals surface area contributed by atoms with E-state index in [4.69, 9.17) is 0 Å². The van der Waals surface area contributed by atoms with Crippen LogP contribution in [0.25, 0.3) is 66.4 Å². The molecule has 0 radical (unpaired) electrons. The normalized spacial score (nSPS) is 12.6. The molecule has 9 aromatic carbocycles. The highest BCUT2D eigenvalue weighted by Gasteiger charge is 2.37. The number of nitrogens with zero attached hydrogens (tertiary/aromatic N) is 1. The van der Waals surface area contributed by atoms with Gasteiger partial charge in [0.1, 0.15) is 0 Å². The van der Waals surface area contributed by atoms with Gasteiger partial charge in [-0.15, -0.1) is 0 Å². The summed E-state index contributed by atoms with van der Waals surface area (Å²) in [4.78, 5) is 2.45. The molecule has 1 heteroatoms. The lowest BCUT2D eigenvalue weighted by Crippen LogP contribution is -2.15. The molecule has 0 heterocycles. The zero-order valence-electron chi connectivity index (χ0n) is 31.7. The van der Waals surface area contributed by atoms with Crippen molar-refractivity contribution in [2.24, 2.45) is 0 Å². The van der Waals surface area contributed by atoms with Gasteiger partial charge in [0.05, 0.1) is 5.69 Å². The molecule has 0 amide bonds. The molecular formula is C55H41N. The first-order chi connectivity index (χ1) is 27.5. The molecule has 56 heavy (non-hydrogen) atoms.